The molecule has 0 unspecified atom stereocenters. The minimum Gasteiger partial charge on any atom is -0.367 e. The molecule has 2 heterocycles. The van der Waals surface area contributed by atoms with E-state index in [1.54, 1.807) is 6.07 Å². The molecule has 5 heteroatoms. The Kier molecular flexibility index (Phi) is 4.58. The molecule has 1 aliphatic rings. The first-order valence-electron chi connectivity index (χ1n) is 7.18. The summed E-state index contributed by atoms with van der Waals surface area (Å²) in [5.74, 6) is 1.69. The van der Waals surface area contributed by atoms with Gasteiger partial charge < -0.3 is 15.2 Å². The number of nitrogens with zero attached hydrogens (tertiary/aromatic N) is 2. The number of hydrogen-bond donors (Lipinski definition) is 2. The van der Waals surface area contributed by atoms with Crippen LogP contribution in [0.2, 0.25) is 0 Å². The molecule has 0 radical (unpaired) electrons. The van der Waals surface area contributed by atoms with Crippen LogP contribution in [-0.2, 0) is 0 Å². The number of likely N-dealkylation sites (tertiary alicyclic amines) is 1. The monoisotopic (exact) mass is 264 g/mol. The number of piperidine rings is 1. The Morgan fingerprint density at radius 1 is 1.47 bits per heavy atom. The van der Waals surface area contributed by atoms with Gasteiger partial charge in [0.2, 0.25) is 0 Å². The van der Waals surface area contributed by atoms with Gasteiger partial charge in [0.1, 0.15) is 11.6 Å². The molecule has 0 saturated carbocycles. The van der Waals surface area contributed by atoms with Gasteiger partial charge in [0.25, 0.3) is 5.56 Å². The molecule has 2 rings (SSSR count). The first kappa shape index (κ1) is 14.1. The summed E-state index contributed by atoms with van der Waals surface area (Å²) >= 11 is 0. The van der Waals surface area contributed by atoms with Crippen molar-refractivity contribution in [3.05, 3.63) is 22.2 Å². The summed E-state index contributed by atoms with van der Waals surface area (Å²) in [5.41, 5.74) is -0.0767. The topological polar surface area (TPSA) is 61.0 Å². The quantitative estimate of drug-likeness (QED) is 0.870. The number of aromatic nitrogens is 2. The van der Waals surface area contributed by atoms with Gasteiger partial charge >= 0.3 is 0 Å². The zero-order valence-corrected chi connectivity index (χ0v) is 12.1. The van der Waals surface area contributed by atoms with Gasteiger partial charge in [-0.1, -0.05) is 20.8 Å². The minimum atomic E-state index is -0.0767. The van der Waals surface area contributed by atoms with Crippen LogP contribution in [0.25, 0.3) is 0 Å². The highest BCUT2D eigenvalue weighted by Crippen LogP contribution is 2.15. The van der Waals surface area contributed by atoms with E-state index < -0.39 is 0 Å². The third-order valence-electron chi connectivity index (χ3n) is 3.69. The van der Waals surface area contributed by atoms with Crippen molar-refractivity contribution in [1.82, 2.24) is 14.9 Å². The molecule has 0 amide bonds. The van der Waals surface area contributed by atoms with Gasteiger partial charge in [-0.15, -0.1) is 0 Å². The van der Waals surface area contributed by atoms with Crippen molar-refractivity contribution in [2.24, 2.45) is 0 Å². The second-order valence-electron chi connectivity index (χ2n) is 5.52. The molecule has 106 valence electrons. The predicted octanol–water partition coefficient (Wildman–Crippen LogP) is 1.79. The zero-order valence-electron chi connectivity index (χ0n) is 12.1. The number of anilines is 1. The maximum Gasteiger partial charge on any atom is 0.252 e. The summed E-state index contributed by atoms with van der Waals surface area (Å²) in [6.45, 7) is 9.61. The van der Waals surface area contributed by atoms with E-state index in [1.165, 1.54) is 0 Å². The molecular formula is C14H24N4O. The number of H-pyrrole nitrogens is 1. The smallest absolute Gasteiger partial charge is 0.252 e. The van der Waals surface area contributed by atoms with Crippen LogP contribution < -0.4 is 10.9 Å². The first-order chi connectivity index (χ1) is 9.08. The van der Waals surface area contributed by atoms with Crippen molar-refractivity contribution in [3.63, 3.8) is 0 Å². The molecule has 0 spiro atoms. The molecule has 19 heavy (non-hydrogen) atoms. The fraction of sp³-hybridized carbons (Fsp3) is 0.714. The van der Waals surface area contributed by atoms with Crippen LogP contribution in [0.4, 0.5) is 5.82 Å². The zero-order chi connectivity index (χ0) is 13.8. The lowest BCUT2D eigenvalue weighted by molar-refractivity contribution is 0.229. The lowest BCUT2D eigenvalue weighted by Crippen LogP contribution is -2.39. The van der Waals surface area contributed by atoms with Gasteiger partial charge in [0.05, 0.1) is 0 Å². The Morgan fingerprint density at radius 2 is 2.16 bits per heavy atom. The normalized spacial score (nSPS) is 17.9. The molecule has 1 aromatic rings. The van der Waals surface area contributed by atoms with Crippen molar-refractivity contribution in [2.75, 3.05) is 25.0 Å². The molecule has 0 aromatic carbocycles. The van der Waals surface area contributed by atoms with Gasteiger partial charge in [-0.05, 0) is 19.4 Å². The number of nitrogens with one attached hydrogen (secondary N) is 2. The molecule has 1 fully saturated rings. The van der Waals surface area contributed by atoms with Crippen molar-refractivity contribution >= 4 is 5.82 Å². The Bertz CT molecular complexity index is 461. The second kappa shape index (κ2) is 6.19. The van der Waals surface area contributed by atoms with E-state index in [1.807, 2.05) is 13.8 Å². The lowest BCUT2D eigenvalue weighted by atomic mass is 10.1. The molecule has 5 nitrogen and oxygen atoms in total. The second-order valence-corrected chi connectivity index (χ2v) is 5.52. The number of hydrogen-bond acceptors (Lipinski definition) is 4. The Balaban J connectivity index is 2.01. The Morgan fingerprint density at radius 3 is 2.74 bits per heavy atom. The van der Waals surface area contributed by atoms with Crippen molar-refractivity contribution in [3.8, 4) is 0 Å². The third-order valence-corrected chi connectivity index (χ3v) is 3.69. The van der Waals surface area contributed by atoms with E-state index in [0.29, 0.717) is 11.9 Å². The van der Waals surface area contributed by atoms with E-state index in [4.69, 9.17) is 0 Å². The van der Waals surface area contributed by atoms with Crippen LogP contribution >= 0.6 is 0 Å². The molecular weight excluding hydrogens is 240 g/mol. The molecule has 0 atom stereocenters. The third kappa shape index (κ3) is 3.80. The summed E-state index contributed by atoms with van der Waals surface area (Å²) in [6.07, 6.45) is 2.22. The first-order valence-corrected chi connectivity index (χ1v) is 7.18. The lowest BCUT2D eigenvalue weighted by Gasteiger charge is -2.31. The van der Waals surface area contributed by atoms with E-state index in [-0.39, 0.29) is 11.5 Å². The van der Waals surface area contributed by atoms with Crippen molar-refractivity contribution < 1.29 is 0 Å². The van der Waals surface area contributed by atoms with Crippen molar-refractivity contribution in [2.45, 2.75) is 45.6 Å². The van der Waals surface area contributed by atoms with E-state index in [9.17, 15) is 4.79 Å². The molecule has 1 aliphatic heterocycles. The van der Waals surface area contributed by atoms with Gasteiger partial charge in [-0.3, -0.25) is 4.79 Å². The van der Waals surface area contributed by atoms with Crippen LogP contribution in [0.3, 0.4) is 0 Å². The van der Waals surface area contributed by atoms with Crippen LogP contribution in [0.15, 0.2) is 10.9 Å². The van der Waals surface area contributed by atoms with Crippen LogP contribution in [0, 0.1) is 0 Å². The minimum absolute atomic E-state index is 0.0767. The van der Waals surface area contributed by atoms with E-state index in [2.05, 4.69) is 27.1 Å². The van der Waals surface area contributed by atoms with Gasteiger partial charge in [0.15, 0.2) is 0 Å². The predicted molar refractivity (Wildman–Crippen MR) is 77.7 cm³/mol. The fourth-order valence-corrected chi connectivity index (χ4v) is 2.43. The highest BCUT2D eigenvalue weighted by atomic mass is 16.1. The number of aromatic amines is 1. The fourth-order valence-electron chi connectivity index (χ4n) is 2.43. The Hall–Kier alpha value is -1.36. The summed E-state index contributed by atoms with van der Waals surface area (Å²) < 4.78 is 0. The average Bonchev–Trinajstić information content (AvgIpc) is 2.39. The van der Waals surface area contributed by atoms with Gasteiger partial charge in [0, 0.05) is 31.1 Å². The van der Waals surface area contributed by atoms with Crippen LogP contribution in [-0.4, -0.2) is 40.5 Å². The Labute approximate surface area is 114 Å². The van der Waals surface area contributed by atoms with E-state index in [0.717, 1.165) is 38.3 Å². The molecule has 0 aliphatic carbocycles. The maximum absolute atomic E-state index is 11.6. The summed E-state index contributed by atoms with van der Waals surface area (Å²) in [6, 6.07) is 1.98. The number of rotatable bonds is 4. The van der Waals surface area contributed by atoms with Gasteiger partial charge in [-0.25, -0.2) is 4.98 Å². The average molecular weight is 264 g/mol. The largest absolute Gasteiger partial charge is 0.367 e. The summed E-state index contributed by atoms with van der Waals surface area (Å²) in [5, 5.41) is 3.40. The SMILES string of the molecule is CCN1CCC(Nc2cc(=O)[nH]c(C(C)C)n2)CC1. The standard InChI is InChI=1S/C14H24N4O/c1-4-18-7-5-11(6-8-18)15-12-9-13(19)17-14(16-12)10(2)3/h9-11H,4-8H2,1-3H3,(H2,15,16,17,19). The molecule has 2 N–H and O–H groups in total. The summed E-state index contributed by atoms with van der Waals surface area (Å²) in [7, 11) is 0. The van der Waals surface area contributed by atoms with Crippen LogP contribution in [0.5, 0.6) is 0 Å². The van der Waals surface area contributed by atoms with Crippen LogP contribution in [0.1, 0.15) is 45.4 Å². The molecule has 1 saturated heterocycles. The summed E-state index contributed by atoms with van der Waals surface area (Å²) in [4.78, 5) is 21.3. The molecule has 0 bridgehead atoms. The van der Waals surface area contributed by atoms with Crippen molar-refractivity contribution in [1.29, 1.82) is 0 Å². The highest BCUT2D eigenvalue weighted by molar-refractivity contribution is 5.34. The highest BCUT2D eigenvalue weighted by Gasteiger charge is 2.18. The molecule has 1 aromatic heterocycles. The maximum atomic E-state index is 11.6. The van der Waals surface area contributed by atoms with Gasteiger partial charge in [-0.2, -0.15) is 0 Å². The van der Waals surface area contributed by atoms with E-state index >= 15 is 0 Å².